The number of carboxylic acids is 1. The Labute approximate surface area is 129 Å². The Bertz CT molecular complexity index is 1040. The second-order valence-electron chi connectivity index (χ2n) is 4.99. The number of benzene rings is 1. The van der Waals surface area contributed by atoms with Crippen LogP contribution in [-0.4, -0.2) is 41.0 Å². The molecule has 0 amide bonds. The Balaban J connectivity index is 1.76. The van der Waals surface area contributed by atoms with Gasteiger partial charge in [-0.25, -0.2) is 19.4 Å². The molecule has 0 aliphatic carbocycles. The fourth-order valence-corrected chi connectivity index (χ4v) is 2.36. The Morgan fingerprint density at radius 3 is 3.00 bits per heavy atom. The molecular formula is C15H10N6O2. The molecule has 0 radical (unpaired) electrons. The number of nitrogens with zero attached hydrogens (tertiary/aromatic N) is 6. The number of carboxylic acid groups (broad SMARTS) is 1. The van der Waals surface area contributed by atoms with E-state index >= 15 is 0 Å². The minimum atomic E-state index is -1.14. The van der Waals surface area contributed by atoms with Gasteiger partial charge in [-0.3, -0.25) is 4.98 Å². The van der Waals surface area contributed by atoms with Crippen molar-refractivity contribution in [2.24, 2.45) is 0 Å². The molecule has 0 spiro atoms. The SMILES string of the molecule is O=C(O)c1cnc2nnn(Cc3ccc4ncccc4c3)c2n1. The molecule has 3 aromatic heterocycles. The van der Waals surface area contributed by atoms with Gasteiger partial charge in [-0.05, 0) is 23.8 Å². The molecule has 0 bridgehead atoms. The minimum Gasteiger partial charge on any atom is -0.476 e. The summed E-state index contributed by atoms with van der Waals surface area (Å²) in [6.45, 7) is 0.416. The van der Waals surface area contributed by atoms with Crippen molar-refractivity contribution < 1.29 is 9.90 Å². The third-order valence-electron chi connectivity index (χ3n) is 3.45. The van der Waals surface area contributed by atoms with Crippen molar-refractivity contribution >= 4 is 28.2 Å². The van der Waals surface area contributed by atoms with Crippen LogP contribution >= 0.6 is 0 Å². The van der Waals surface area contributed by atoms with Gasteiger partial charge < -0.3 is 5.11 Å². The molecule has 0 unspecified atom stereocenters. The van der Waals surface area contributed by atoms with Gasteiger partial charge in [-0.2, -0.15) is 0 Å². The summed E-state index contributed by atoms with van der Waals surface area (Å²) in [4.78, 5) is 23.3. The van der Waals surface area contributed by atoms with Crippen LogP contribution in [0.5, 0.6) is 0 Å². The first-order valence-corrected chi connectivity index (χ1v) is 6.84. The molecule has 4 rings (SSSR count). The monoisotopic (exact) mass is 306 g/mol. The summed E-state index contributed by atoms with van der Waals surface area (Å²) in [6, 6.07) is 9.73. The molecule has 8 nitrogen and oxygen atoms in total. The van der Waals surface area contributed by atoms with Gasteiger partial charge in [-0.1, -0.05) is 17.3 Å². The normalized spacial score (nSPS) is 11.1. The third-order valence-corrected chi connectivity index (χ3v) is 3.45. The van der Waals surface area contributed by atoms with Gasteiger partial charge in [0.05, 0.1) is 18.3 Å². The van der Waals surface area contributed by atoms with E-state index in [-0.39, 0.29) is 5.69 Å². The molecule has 0 saturated carbocycles. The summed E-state index contributed by atoms with van der Waals surface area (Å²) < 4.78 is 1.53. The zero-order chi connectivity index (χ0) is 15.8. The molecule has 8 heteroatoms. The van der Waals surface area contributed by atoms with Crippen molar-refractivity contribution in [3.05, 3.63) is 54.0 Å². The highest BCUT2D eigenvalue weighted by molar-refractivity contribution is 5.86. The van der Waals surface area contributed by atoms with E-state index in [0.29, 0.717) is 17.8 Å². The molecule has 1 N–H and O–H groups in total. The van der Waals surface area contributed by atoms with Crippen LogP contribution in [0, 0.1) is 0 Å². The molecule has 112 valence electrons. The lowest BCUT2D eigenvalue weighted by Crippen LogP contribution is -2.06. The van der Waals surface area contributed by atoms with Crippen LogP contribution in [0.15, 0.2) is 42.7 Å². The molecule has 0 saturated heterocycles. The summed E-state index contributed by atoms with van der Waals surface area (Å²) >= 11 is 0. The Hall–Kier alpha value is -3.42. The third kappa shape index (κ3) is 2.35. The van der Waals surface area contributed by atoms with Crippen LogP contribution in [0.2, 0.25) is 0 Å². The summed E-state index contributed by atoms with van der Waals surface area (Å²) in [5.74, 6) is -1.14. The van der Waals surface area contributed by atoms with Crippen molar-refractivity contribution in [2.45, 2.75) is 6.54 Å². The molecule has 0 atom stereocenters. The average Bonchev–Trinajstić information content (AvgIpc) is 2.97. The van der Waals surface area contributed by atoms with Crippen LogP contribution in [0.25, 0.3) is 22.2 Å². The first kappa shape index (κ1) is 13.3. The second kappa shape index (κ2) is 5.09. The van der Waals surface area contributed by atoms with Crippen molar-refractivity contribution in [1.29, 1.82) is 0 Å². The molecular weight excluding hydrogens is 296 g/mol. The highest BCUT2D eigenvalue weighted by Gasteiger charge is 2.12. The number of rotatable bonds is 3. The van der Waals surface area contributed by atoms with Crippen LogP contribution in [0.1, 0.15) is 16.1 Å². The number of pyridine rings is 1. The van der Waals surface area contributed by atoms with E-state index in [1.165, 1.54) is 10.9 Å². The van der Waals surface area contributed by atoms with Gasteiger partial charge in [0.15, 0.2) is 11.3 Å². The highest BCUT2D eigenvalue weighted by Crippen LogP contribution is 2.15. The lowest BCUT2D eigenvalue weighted by molar-refractivity contribution is 0.0690. The summed E-state index contributed by atoms with van der Waals surface area (Å²) in [5.41, 5.74) is 2.42. The smallest absolute Gasteiger partial charge is 0.356 e. The molecule has 0 fully saturated rings. The second-order valence-corrected chi connectivity index (χ2v) is 4.99. The standard InChI is InChI=1S/C15H10N6O2/c22-15(23)12-7-17-13-14(18-12)21(20-19-13)8-9-3-4-11-10(6-9)2-1-5-16-11/h1-7H,8H2,(H,22,23). The van der Waals surface area contributed by atoms with Gasteiger partial charge in [0.2, 0.25) is 5.65 Å². The van der Waals surface area contributed by atoms with E-state index in [4.69, 9.17) is 5.11 Å². The fraction of sp³-hybridized carbons (Fsp3) is 0.0667. The lowest BCUT2D eigenvalue weighted by atomic mass is 10.1. The van der Waals surface area contributed by atoms with E-state index in [9.17, 15) is 4.79 Å². The molecule has 3 heterocycles. The number of hydrogen-bond acceptors (Lipinski definition) is 6. The Morgan fingerprint density at radius 1 is 1.22 bits per heavy atom. The number of aromatic carboxylic acids is 1. The van der Waals surface area contributed by atoms with Crippen LogP contribution < -0.4 is 0 Å². The van der Waals surface area contributed by atoms with E-state index in [2.05, 4.69) is 25.3 Å². The van der Waals surface area contributed by atoms with Crippen LogP contribution in [-0.2, 0) is 6.54 Å². The first-order chi connectivity index (χ1) is 11.2. The van der Waals surface area contributed by atoms with Crippen molar-refractivity contribution in [2.75, 3.05) is 0 Å². The first-order valence-electron chi connectivity index (χ1n) is 6.84. The topological polar surface area (TPSA) is 107 Å². The molecule has 1 aromatic carbocycles. The largest absolute Gasteiger partial charge is 0.476 e. The quantitative estimate of drug-likeness (QED) is 0.611. The number of hydrogen-bond donors (Lipinski definition) is 1. The number of carbonyl (C=O) groups is 1. The molecule has 4 aromatic rings. The summed E-state index contributed by atoms with van der Waals surface area (Å²) in [6.07, 6.45) is 2.92. The van der Waals surface area contributed by atoms with Crippen molar-refractivity contribution in [3.63, 3.8) is 0 Å². The van der Waals surface area contributed by atoms with Crippen molar-refractivity contribution in [3.8, 4) is 0 Å². The predicted molar refractivity (Wildman–Crippen MR) is 80.9 cm³/mol. The lowest BCUT2D eigenvalue weighted by Gasteiger charge is -2.04. The zero-order valence-electron chi connectivity index (χ0n) is 11.8. The Morgan fingerprint density at radius 2 is 2.13 bits per heavy atom. The zero-order valence-corrected chi connectivity index (χ0v) is 11.8. The fourth-order valence-electron chi connectivity index (χ4n) is 2.36. The molecule has 23 heavy (non-hydrogen) atoms. The van der Waals surface area contributed by atoms with E-state index in [1.807, 2.05) is 30.3 Å². The van der Waals surface area contributed by atoms with Crippen LogP contribution in [0.3, 0.4) is 0 Å². The summed E-state index contributed by atoms with van der Waals surface area (Å²) in [5, 5.41) is 18.0. The average molecular weight is 306 g/mol. The van der Waals surface area contributed by atoms with E-state index in [1.54, 1.807) is 6.20 Å². The maximum atomic E-state index is 11.0. The van der Waals surface area contributed by atoms with E-state index < -0.39 is 5.97 Å². The minimum absolute atomic E-state index is 0.135. The van der Waals surface area contributed by atoms with Crippen molar-refractivity contribution in [1.82, 2.24) is 29.9 Å². The molecule has 0 aliphatic heterocycles. The van der Waals surface area contributed by atoms with Gasteiger partial charge in [-0.15, -0.1) is 5.10 Å². The summed E-state index contributed by atoms with van der Waals surface area (Å²) in [7, 11) is 0. The number of fused-ring (bicyclic) bond motifs is 2. The van der Waals surface area contributed by atoms with Crippen LogP contribution in [0.4, 0.5) is 0 Å². The molecule has 0 aliphatic rings. The van der Waals surface area contributed by atoms with Gasteiger partial charge in [0.1, 0.15) is 0 Å². The maximum absolute atomic E-state index is 11.0. The van der Waals surface area contributed by atoms with Gasteiger partial charge >= 0.3 is 5.97 Å². The van der Waals surface area contributed by atoms with Gasteiger partial charge in [0.25, 0.3) is 0 Å². The predicted octanol–water partition coefficient (Wildman–Crippen LogP) is 1.52. The Kier molecular flexibility index (Phi) is 2.94. The highest BCUT2D eigenvalue weighted by atomic mass is 16.4. The number of aromatic nitrogens is 6. The van der Waals surface area contributed by atoms with E-state index in [0.717, 1.165) is 16.5 Å². The van der Waals surface area contributed by atoms with Gasteiger partial charge in [0, 0.05) is 11.6 Å². The maximum Gasteiger partial charge on any atom is 0.356 e.